The van der Waals surface area contributed by atoms with Crippen molar-refractivity contribution in [2.45, 2.75) is 32.4 Å². The molecule has 2 aliphatic heterocycles. The third-order valence-corrected chi connectivity index (χ3v) is 6.82. The molecule has 6 rings (SSSR count). The molecule has 4 heterocycles. The third-order valence-electron chi connectivity index (χ3n) is 6.82. The van der Waals surface area contributed by atoms with E-state index in [1.807, 2.05) is 36.4 Å². The Bertz CT molecular complexity index is 1370. The first-order chi connectivity index (χ1) is 16.7. The fourth-order valence-corrected chi connectivity index (χ4v) is 4.88. The Balaban J connectivity index is 1.46. The van der Waals surface area contributed by atoms with E-state index in [1.54, 1.807) is 4.68 Å². The molecule has 174 valence electrons. The topological polar surface area (TPSA) is 98.2 Å². The van der Waals surface area contributed by atoms with Gasteiger partial charge >= 0.3 is 0 Å². The summed E-state index contributed by atoms with van der Waals surface area (Å²) in [6.45, 7) is 4.75. The van der Waals surface area contributed by atoms with Gasteiger partial charge < -0.3 is 14.5 Å². The number of pyridine rings is 1. The van der Waals surface area contributed by atoms with Gasteiger partial charge in [-0.15, -0.1) is 5.10 Å². The van der Waals surface area contributed by atoms with Crippen LogP contribution in [0.5, 0.6) is 11.5 Å². The van der Waals surface area contributed by atoms with Gasteiger partial charge in [-0.05, 0) is 60.0 Å². The van der Waals surface area contributed by atoms with Gasteiger partial charge in [0.15, 0.2) is 17.3 Å². The zero-order chi connectivity index (χ0) is 23.1. The van der Waals surface area contributed by atoms with Crippen molar-refractivity contribution in [1.82, 2.24) is 30.1 Å². The molecule has 2 aliphatic rings. The number of aromatic nitrogens is 5. The van der Waals surface area contributed by atoms with Gasteiger partial charge in [-0.2, -0.15) is 0 Å². The number of aromatic amines is 1. The van der Waals surface area contributed by atoms with E-state index in [2.05, 4.69) is 44.5 Å². The first-order valence-electron chi connectivity index (χ1n) is 11.7. The molecule has 0 bridgehead atoms. The van der Waals surface area contributed by atoms with Crippen LogP contribution >= 0.6 is 0 Å². The van der Waals surface area contributed by atoms with Crippen molar-refractivity contribution < 1.29 is 9.47 Å². The monoisotopic (exact) mass is 458 g/mol. The van der Waals surface area contributed by atoms with Crippen LogP contribution in [0, 0.1) is 5.92 Å². The first-order valence-corrected chi connectivity index (χ1v) is 11.7. The van der Waals surface area contributed by atoms with E-state index >= 15 is 0 Å². The molecule has 0 saturated carbocycles. The first kappa shape index (κ1) is 20.9. The number of hydrogen-bond acceptors (Lipinski definition) is 7. The van der Waals surface area contributed by atoms with Gasteiger partial charge in [-0.25, -0.2) is 4.68 Å². The third kappa shape index (κ3) is 3.81. The number of tetrazole rings is 1. The number of H-pyrrole nitrogens is 1. The Hall–Kier alpha value is -3.72. The lowest BCUT2D eigenvalue weighted by Gasteiger charge is -2.35. The Morgan fingerprint density at radius 1 is 1.09 bits per heavy atom. The molecule has 9 nitrogen and oxygen atoms in total. The number of nitrogens with zero attached hydrogens (tertiary/aromatic N) is 5. The summed E-state index contributed by atoms with van der Waals surface area (Å²) in [5.41, 5.74) is 2.30. The summed E-state index contributed by atoms with van der Waals surface area (Å²) in [7, 11) is 0. The highest BCUT2D eigenvalue weighted by Gasteiger charge is 2.32. The number of ether oxygens (including phenoxy) is 2. The lowest BCUT2D eigenvalue weighted by atomic mass is 9.95. The number of nitrogens with one attached hydrogen (secondary N) is 1. The minimum absolute atomic E-state index is 0.149. The fourth-order valence-electron chi connectivity index (χ4n) is 4.88. The summed E-state index contributed by atoms with van der Waals surface area (Å²) >= 11 is 0. The normalized spacial score (nSPS) is 17.3. The van der Waals surface area contributed by atoms with Crippen LogP contribution in [0.3, 0.4) is 0 Å². The molecular formula is C25H26N6O3. The molecule has 1 unspecified atom stereocenters. The lowest BCUT2D eigenvalue weighted by Crippen LogP contribution is -2.40. The second-order valence-corrected chi connectivity index (χ2v) is 9.15. The molecule has 0 radical (unpaired) electrons. The lowest BCUT2D eigenvalue weighted by molar-refractivity contribution is 0.149. The van der Waals surface area contributed by atoms with Crippen LogP contribution in [-0.4, -0.2) is 50.0 Å². The summed E-state index contributed by atoms with van der Waals surface area (Å²) < 4.78 is 12.8. The number of benzene rings is 2. The van der Waals surface area contributed by atoms with Crippen molar-refractivity contribution in [3.8, 4) is 11.5 Å². The maximum absolute atomic E-state index is 13.4. The minimum Gasteiger partial charge on any atom is -0.454 e. The summed E-state index contributed by atoms with van der Waals surface area (Å²) in [5, 5.41) is 13.6. The summed E-state index contributed by atoms with van der Waals surface area (Å²) in [4.78, 5) is 18.8. The predicted octanol–water partition coefficient (Wildman–Crippen LogP) is 3.11. The largest absolute Gasteiger partial charge is 0.454 e. The highest BCUT2D eigenvalue weighted by molar-refractivity contribution is 5.83. The van der Waals surface area contributed by atoms with Gasteiger partial charge in [0.1, 0.15) is 6.04 Å². The van der Waals surface area contributed by atoms with Crippen molar-refractivity contribution in [2.75, 3.05) is 19.9 Å². The molecule has 0 spiro atoms. The van der Waals surface area contributed by atoms with Crippen molar-refractivity contribution in [1.29, 1.82) is 0 Å². The molecule has 1 N–H and O–H groups in total. The number of likely N-dealkylation sites (tertiary alicyclic amines) is 1. The summed E-state index contributed by atoms with van der Waals surface area (Å²) in [6.07, 6.45) is 2.14. The quantitative estimate of drug-likeness (QED) is 0.491. The van der Waals surface area contributed by atoms with Gasteiger partial charge in [0, 0.05) is 17.0 Å². The van der Waals surface area contributed by atoms with E-state index in [1.165, 1.54) is 0 Å². The van der Waals surface area contributed by atoms with Crippen LogP contribution in [0.2, 0.25) is 0 Å². The van der Waals surface area contributed by atoms with Crippen LogP contribution in [0.15, 0.2) is 53.3 Å². The average Bonchev–Trinajstić information content (AvgIpc) is 3.49. The zero-order valence-corrected chi connectivity index (χ0v) is 19.0. The molecule has 0 amide bonds. The standard InChI is InChI=1S/C25H26N6O3/c1-16-7-9-30(10-8-16)23(24-27-28-29-31(24)14-17-5-3-2-4-6-17)19-11-18-12-21-22(34-15-33-21)13-20(18)26-25(19)32/h2-6,11-13,16,23H,7-10,14-15H2,1H3,(H,26,32). The van der Waals surface area contributed by atoms with E-state index in [-0.39, 0.29) is 18.4 Å². The Labute approximate surface area is 196 Å². The Morgan fingerprint density at radius 3 is 2.65 bits per heavy atom. The predicted molar refractivity (Wildman–Crippen MR) is 126 cm³/mol. The van der Waals surface area contributed by atoms with Crippen molar-refractivity contribution in [3.63, 3.8) is 0 Å². The average molecular weight is 459 g/mol. The summed E-state index contributed by atoms with van der Waals surface area (Å²) in [5.74, 6) is 2.66. The zero-order valence-electron chi connectivity index (χ0n) is 19.0. The van der Waals surface area contributed by atoms with E-state index < -0.39 is 0 Å². The molecule has 4 aromatic rings. The highest BCUT2D eigenvalue weighted by atomic mass is 16.7. The number of fused-ring (bicyclic) bond motifs is 2. The van der Waals surface area contributed by atoms with E-state index in [4.69, 9.17) is 9.47 Å². The van der Waals surface area contributed by atoms with E-state index in [9.17, 15) is 4.79 Å². The fraction of sp³-hybridized carbons (Fsp3) is 0.360. The van der Waals surface area contributed by atoms with Crippen LogP contribution in [0.4, 0.5) is 0 Å². The maximum atomic E-state index is 13.4. The second-order valence-electron chi connectivity index (χ2n) is 9.15. The van der Waals surface area contributed by atoms with Crippen molar-refractivity contribution >= 4 is 10.9 Å². The van der Waals surface area contributed by atoms with Crippen LogP contribution in [0.25, 0.3) is 10.9 Å². The van der Waals surface area contributed by atoms with Gasteiger partial charge in [0.05, 0.1) is 12.1 Å². The minimum atomic E-state index is -0.357. The SMILES string of the molecule is CC1CCN(C(c2cc3cc4c(cc3[nH]c2=O)OCO4)c2nnnn2Cc2ccccc2)CC1. The number of rotatable bonds is 5. The smallest absolute Gasteiger partial charge is 0.253 e. The molecule has 0 aliphatic carbocycles. The molecule has 2 aromatic heterocycles. The molecule has 34 heavy (non-hydrogen) atoms. The van der Waals surface area contributed by atoms with Gasteiger partial charge in [-0.1, -0.05) is 37.3 Å². The van der Waals surface area contributed by atoms with E-state index in [0.29, 0.717) is 40.9 Å². The van der Waals surface area contributed by atoms with Gasteiger partial charge in [0.25, 0.3) is 5.56 Å². The second kappa shape index (κ2) is 8.57. The molecule has 1 fully saturated rings. The van der Waals surface area contributed by atoms with Gasteiger partial charge in [0.2, 0.25) is 6.79 Å². The maximum Gasteiger partial charge on any atom is 0.253 e. The molecule has 1 saturated heterocycles. The van der Waals surface area contributed by atoms with Crippen molar-refractivity contribution in [3.05, 3.63) is 75.8 Å². The highest BCUT2D eigenvalue weighted by Crippen LogP contribution is 2.37. The van der Waals surface area contributed by atoms with Crippen molar-refractivity contribution in [2.24, 2.45) is 5.92 Å². The van der Waals surface area contributed by atoms with Crippen LogP contribution < -0.4 is 15.0 Å². The van der Waals surface area contributed by atoms with Crippen LogP contribution in [0.1, 0.15) is 42.8 Å². The Morgan fingerprint density at radius 2 is 1.85 bits per heavy atom. The molecule has 2 aromatic carbocycles. The molecule has 1 atom stereocenters. The Kier molecular flexibility index (Phi) is 5.26. The molecule has 9 heteroatoms. The van der Waals surface area contributed by atoms with Gasteiger partial charge in [-0.3, -0.25) is 9.69 Å². The molecular weight excluding hydrogens is 432 g/mol. The number of piperidine rings is 1. The summed E-state index contributed by atoms with van der Waals surface area (Å²) in [6, 6.07) is 15.4. The number of hydrogen-bond donors (Lipinski definition) is 1. The van der Waals surface area contributed by atoms with Crippen LogP contribution in [-0.2, 0) is 6.54 Å². The van der Waals surface area contributed by atoms with E-state index in [0.717, 1.165) is 36.9 Å².